The quantitative estimate of drug-likeness (QED) is 0.733. The first-order valence-corrected chi connectivity index (χ1v) is 4.35. The molecule has 2 aromatic rings. The van der Waals surface area contributed by atoms with E-state index in [9.17, 15) is 13.2 Å². The van der Waals surface area contributed by atoms with E-state index in [1.165, 1.54) is 12.3 Å². The first-order chi connectivity index (χ1) is 6.48. The zero-order chi connectivity index (χ0) is 10.3. The van der Waals surface area contributed by atoms with Gasteiger partial charge in [0.15, 0.2) is 11.3 Å². The highest BCUT2D eigenvalue weighted by Crippen LogP contribution is 2.27. The zero-order valence-electron chi connectivity index (χ0n) is 6.59. The van der Waals surface area contributed by atoms with E-state index in [0.717, 1.165) is 10.6 Å². The van der Waals surface area contributed by atoms with Crippen molar-refractivity contribution in [1.29, 1.82) is 0 Å². The van der Waals surface area contributed by atoms with Crippen LogP contribution in [0, 0.1) is 0 Å². The summed E-state index contributed by atoms with van der Waals surface area (Å²) in [7, 11) is 0. The minimum Gasteiger partial charge on any atom is -0.234 e. The summed E-state index contributed by atoms with van der Waals surface area (Å²) in [5.41, 5.74) is -0.575. The molecule has 0 saturated carbocycles. The summed E-state index contributed by atoms with van der Waals surface area (Å²) in [5, 5.41) is 3.39. The van der Waals surface area contributed by atoms with Gasteiger partial charge in [0.1, 0.15) is 4.60 Å². The monoisotopic (exact) mass is 265 g/mol. The Morgan fingerprint density at radius 1 is 1.29 bits per heavy atom. The van der Waals surface area contributed by atoms with E-state index < -0.39 is 11.9 Å². The molecule has 0 aliphatic heterocycles. The predicted molar refractivity (Wildman–Crippen MR) is 45.7 cm³/mol. The SMILES string of the molecule is FC(F)(F)c1ccc2ncc(Br)n2n1. The van der Waals surface area contributed by atoms with Gasteiger partial charge < -0.3 is 0 Å². The number of imidazole rings is 1. The van der Waals surface area contributed by atoms with Crippen LogP contribution in [0.1, 0.15) is 5.69 Å². The second-order valence-electron chi connectivity index (χ2n) is 2.57. The lowest BCUT2D eigenvalue weighted by atomic mass is 10.4. The molecule has 0 bridgehead atoms. The van der Waals surface area contributed by atoms with Crippen LogP contribution in [0.5, 0.6) is 0 Å². The number of rotatable bonds is 0. The van der Waals surface area contributed by atoms with Crippen molar-refractivity contribution in [2.24, 2.45) is 0 Å². The van der Waals surface area contributed by atoms with Crippen LogP contribution < -0.4 is 0 Å². The summed E-state index contributed by atoms with van der Waals surface area (Å²) in [6.45, 7) is 0. The Balaban J connectivity index is 2.66. The summed E-state index contributed by atoms with van der Waals surface area (Å²) in [6.07, 6.45) is -3.04. The Morgan fingerprint density at radius 3 is 2.64 bits per heavy atom. The van der Waals surface area contributed by atoms with Crippen LogP contribution in [-0.2, 0) is 6.18 Å². The molecule has 0 radical (unpaired) electrons. The Hall–Kier alpha value is -1.11. The highest BCUT2D eigenvalue weighted by Gasteiger charge is 2.33. The van der Waals surface area contributed by atoms with Crippen molar-refractivity contribution in [3.8, 4) is 0 Å². The number of alkyl halides is 3. The summed E-state index contributed by atoms with van der Waals surface area (Å²) in [5.74, 6) is 0. The van der Waals surface area contributed by atoms with Crippen molar-refractivity contribution >= 4 is 21.6 Å². The summed E-state index contributed by atoms with van der Waals surface area (Å²) < 4.78 is 38.2. The highest BCUT2D eigenvalue weighted by molar-refractivity contribution is 9.10. The maximum atomic E-state index is 12.2. The van der Waals surface area contributed by atoms with Gasteiger partial charge in [-0.25, -0.2) is 9.50 Å². The molecule has 74 valence electrons. The van der Waals surface area contributed by atoms with E-state index >= 15 is 0 Å². The van der Waals surface area contributed by atoms with Crippen LogP contribution in [0.15, 0.2) is 22.9 Å². The van der Waals surface area contributed by atoms with Crippen LogP contribution >= 0.6 is 15.9 Å². The van der Waals surface area contributed by atoms with Gasteiger partial charge in [0.05, 0.1) is 6.20 Å². The Kier molecular flexibility index (Phi) is 1.99. The van der Waals surface area contributed by atoms with Crippen LogP contribution in [0.3, 0.4) is 0 Å². The van der Waals surface area contributed by atoms with Crippen molar-refractivity contribution < 1.29 is 13.2 Å². The third-order valence-corrected chi connectivity index (χ3v) is 2.15. The van der Waals surface area contributed by atoms with Gasteiger partial charge in [-0.2, -0.15) is 18.3 Å². The molecule has 0 aliphatic carbocycles. The summed E-state index contributed by atoms with van der Waals surface area (Å²) >= 11 is 3.04. The first-order valence-electron chi connectivity index (χ1n) is 3.56. The van der Waals surface area contributed by atoms with E-state index in [1.54, 1.807) is 0 Å². The molecule has 0 N–H and O–H groups in total. The van der Waals surface area contributed by atoms with Crippen molar-refractivity contribution in [2.45, 2.75) is 6.18 Å². The number of fused-ring (bicyclic) bond motifs is 1. The van der Waals surface area contributed by atoms with Gasteiger partial charge in [0.2, 0.25) is 0 Å². The number of hydrogen-bond donors (Lipinski definition) is 0. The summed E-state index contributed by atoms with van der Waals surface area (Å²) in [6, 6.07) is 2.16. The molecule has 0 fully saturated rings. The van der Waals surface area contributed by atoms with E-state index in [2.05, 4.69) is 26.0 Å². The van der Waals surface area contributed by atoms with Gasteiger partial charge >= 0.3 is 6.18 Å². The van der Waals surface area contributed by atoms with Gasteiger partial charge in [0, 0.05) is 0 Å². The van der Waals surface area contributed by atoms with Crippen molar-refractivity contribution in [2.75, 3.05) is 0 Å². The third-order valence-electron chi connectivity index (χ3n) is 1.61. The maximum absolute atomic E-state index is 12.2. The van der Waals surface area contributed by atoms with Crippen LogP contribution in [0.4, 0.5) is 13.2 Å². The molecule has 2 heterocycles. The standard InChI is InChI=1S/C7H3BrF3N3/c8-5-3-12-6-2-1-4(7(9,10)11)13-14(5)6/h1-3H. The van der Waals surface area contributed by atoms with E-state index in [1.807, 2.05) is 0 Å². The van der Waals surface area contributed by atoms with Gasteiger partial charge in [-0.15, -0.1) is 0 Å². The van der Waals surface area contributed by atoms with Crippen molar-refractivity contribution in [3.05, 3.63) is 28.6 Å². The molecule has 3 nitrogen and oxygen atoms in total. The highest BCUT2D eigenvalue weighted by atomic mass is 79.9. The Labute approximate surface area is 84.7 Å². The Morgan fingerprint density at radius 2 is 2.00 bits per heavy atom. The van der Waals surface area contributed by atoms with E-state index in [4.69, 9.17) is 0 Å². The molecule has 0 spiro atoms. The first kappa shape index (κ1) is 9.45. The molecular weight excluding hydrogens is 263 g/mol. The maximum Gasteiger partial charge on any atom is 0.435 e. The zero-order valence-corrected chi connectivity index (χ0v) is 8.17. The van der Waals surface area contributed by atoms with Crippen LogP contribution in [0.25, 0.3) is 5.65 Å². The molecule has 2 aromatic heterocycles. The second kappa shape index (κ2) is 2.94. The fourth-order valence-electron chi connectivity index (χ4n) is 0.997. The number of nitrogens with zero attached hydrogens (tertiary/aromatic N) is 3. The smallest absolute Gasteiger partial charge is 0.234 e. The minimum atomic E-state index is -4.43. The van der Waals surface area contributed by atoms with Crippen molar-refractivity contribution in [1.82, 2.24) is 14.6 Å². The molecule has 0 aromatic carbocycles. The normalized spacial score (nSPS) is 12.3. The molecule has 7 heteroatoms. The lowest BCUT2D eigenvalue weighted by molar-refractivity contribution is -0.141. The van der Waals surface area contributed by atoms with Crippen LogP contribution in [0.2, 0.25) is 0 Å². The molecule has 2 rings (SSSR count). The van der Waals surface area contributed by atoms with Gasteiger partial charge in [-0.3, -0.25) is 0 Å². The fraction of sp³-hybridized carbons (Fsp3) is 0.143. The molecule has 0 aliphatic rings. The van der Waals surface area contributed by atoms with Gasteiger partial charge in [-0.05, 0) is 28.1 Å². The molecule has 0 unspecified atom stereocenters. The largest absolute Gasteiger partial charge is 0.435 e. The number of halogens is 4. The fourth-order valence-corrected chi connectivity index (χ4v) is 1.36. The molecule has 14 heavy (non-hydrogen) atoms. The lowest BCUT2D eigenvalue weighted by Crippen LogP contribution is -2.10. The average molecular weight is 266 g/mol. The lowest BCUT2D eigenvalue weighted by Gasteiger charge is -2.05. The average Bonchev–Trinajstić information content (AvgIpc) is 2.46. The number of hydrogen-bond acceptors (Lipinski definition) is 2. The minimum absolute atomic E-state index is 0.366. The topological polar surface area (TPSA) is 30.2 Å². The molecular formula is C7H3BrF3N3. The molecule has 0 atom stereocenters. The summed E-state index contributed by atoms with van der Waals surface area (Å²) in [4.78, 5) is 3.83. The van der Waals surface area contributed by atoms with Gasteiger partial charge in [0.25, 0.3) is 0 Å². The number of aromatic nitrogens is 3. The van der Waals surface area contributed by atoms with E-state index in [-0.39, 0.29) is 0 Å². The molecule has 0 saturated heterocycles. The van der Waals surface area contributed by atoms with E-state index in [0.29, 0.717) is 10.3 Å². The van der Waals surface area contributed by atoms with Crippen molar-refractivity contribution in [3.63, 3.8) is 0 Å². The Bertz CT molecular complexity index is 476. The second-order valence-corrected chi connectivity index (χ2v) is 3.38. The van der Waals surface area contributed by atoms with Gasteiger partial charge in [-0.1, -0.05) is 0 Å². The van der Waals surface area contributed by atoms with Crippen LogP contribution in [-0.4, -0.2) is 14.6 Å². The third kappa shape index (κ3) is 1.47. The predicted octanol–water partition coefficient (Wildman–Crippen LogP) is 2.51. The molecule has 0 amide bonds.